The molecule has 8 heteroatoms. The van der Waals surface area contributed by atoms with E-state index in [0.29, 0.717) is 24.7 Å². The predicted molar refractivity (Wildman–Crippen MR) is 99.3 cm³/mol. The Morgan fingerprint density at radius 3 is 2.62 bits per heavy atom. The van der Waals surface area contributed by atoms with E-state index >= 15 is 0 Å². The highest BCUT2D eigenvalue weighted by Gasteiger charge is 2.27. The number of aromatic nitrogens is 2. The third-order valence-corrected chi connectivity index (χ3v) is 4.85. The molecule has 1 aliphatic heterocycles. The molecule has 2 heterocycles. The van der Waals surface area contributed by atoms with Crippen LogP contribution in [-0.4, -0.2) is 34.1 Å². The van der Waals surface area contributed by atoms with E-state index in [-0.39, 0.29) is 11.5 Å². The molecule has 0 saturated carbocycles. The van der Waals surface area contributed by atoms with Gasteiger partial charge >= 0.3 is 0 Å². The van der Waals surface area contributed by atoms with Gasteiger partial charge < -0.3 is 9.64 Å². The molecule has 1 amide bonds. The zero-order valence-corrected chi connectivity index (χ0v) is 15.4. The van der Waals surface area contributed by atoms with Crippen LogP contribution in [0.1, 0.15) is 34.8 Å². The van der Waals surface area contributed by atoms with Crippen molar-refractivity contribution in [3.05, 3.63) is 77.2 Å². The standard InChI is InChI=1S/C21H18F3N3O2/c22-15-4-1-5-18(10-15)29-20-11-19(25-26-20)13-3-2-6-27(12-13)21(28)14-7-16(23)9-17(24)8-14/h1,4-5,7-11,13H,2-3,6,12H2,(H,25,26)/t13-/m0/s1. The van der Waals surface area contributed by atoms with Gasteiger partial charge in [0.1, 0.15) is 23.2 Å². The molecule has 2 aromatic carbocycles. The second kappa shape index (κ2) is 7.98. The lowest BCUT2D eigenvalue weighted by Crippen LogP contribution is -2.39. The minimum Gasteiger partial charge on any atom is -0.437 e. The zero-order valence-electron chi connectivity index (χ0n) is 15.4. The Kier molecular flexibility index (Phi) is 5.24. The van der Waals surface area contributed by atoms with E-state index in [1.54, 1.807) is 17.0 Å². The molecule has 29 heavy (non-hydrogen) atoms. The number of benzene rings is 2. The van der Waals surface area contributed by atoms with Gasteiger partial charge in [0.2, 0.25) is 5.88 Å². The summed E-state index contributed by atoms with van der Waals surface area (Å²) in [4.78, 5) is 14.2. The van der Waals surface area contributed by atoms with E-state index < -0.39 is 23.4 Å². The van der Waals surface area contributed by atoms with Crippen molar-refractivity contribution in [3.63, 3.8) is 0 Å². The fraction of sp³-hybridized carbons (Fsp3) is 0.238. The van der Waals surface area contributed by atoms with Crippen molar-refractivity contribution >= 4 is 5.91 Å². The van der Waals surface area contributed by atoms with Crippen molar-refractivity contribution < 1.29 is 22.7 Å². The SMILES string of the molecule is O=C(c1cc(F)cc(F)c1)N1CCC[C@H](c2cc(Oc3cccc(F)c3)n[nH]2)C1. The molecule has 3 aromatic rings. The van der Waals surface area contributed by atoms with Gasteiger partial charge in [-0.3, -0.25) is 9.89 Å². The van der Waals surface area contributed by atoms with Crippen LogP contribution in [0.4, 0.5) is 13.2 Å². The summed E-state index contributed by atoms with van der Waals surface area (Å²) in [7, 11) is 0. The summed E-state index contributed by atoms with van der Waals surface area (Å²) < 4.78 is 45.7. The van der Waals surface area contributed by atoms with Crippen LogP contribution in [0.15, 0.2) is 48.5 Å². The van der Waals surface area contributed by atoms with E-state index in [2.05, 4.69) is 10.2 Å². The van der Waals surface area contributed by atoms with E-state index in [4.69, 9.17) is 4.74 Å². The summed E-state index contributed by atoms with van der Waals surface area (Å²) >= 11 is 0. The number of aromatic amines is 1. The highest BCUT2D eigenvalue weighted by atomic mass is 19.1. The molecule has 1 aliphatic rings. The van der Waals surface area contributed by atoms with Crippen molar-refractivity contribution in [2.45, 2.75) is 18.8 Å². The fourth-order valence-corrected chi connectivity index (χ4v) is 3.51. The van der Waals surface area contributed by atoms with Gasteiger partial charge in [-0.05, 0) is 37.1 Å². The summed E-state index contributed by atoms with van der Waals surface area (Å²) in [5.41, 5.74) is 0.766. The van der Waals surface area contributed by atoms with E-state index in [9.17, 15) is 18.0 Å². The number of nitrogens with zero attached hydrogens (tertiary/aromatic N) is 2. The molecule has 150 valence electrons. The molecule has 0 spiro atoms. The van der Waals surface area contributed by atoms with Crippen molar-refractivity contribution in [2.24, 2.45) is 0 Å². The maximum absolute atomic E-state index is 13.4. The molecule has 4 rings (SSSR count). The number of nitrogens with one attached hydrogen (secondary N) is 1. The summed E-state index contributed by atoms with van der Waals surface area (Å²) in [5, 5.41) is 7.00. The number of likely N-dealkylation sites (tertiary alicyclic amines) is 1. The van der Waals surface area contributed by atoms with Gasteiger partial charge in [0, 0.05) is 48.5 Å². The highest BCUT2D eigenvalue weighted by Crippen LogP contribution is 2.30. The average molecular weight is 401 g/mol. The number of amides is 1. The lowest BCUT2D eigenvalue weighted by Gasteiger charge is -2.32. The predicted octanol–water partition coefficient (Wildman–Crippen LogP) is 4.64. The zero-order chi connectivity index (χ0) is 20.4. The van der Waals surface area contributed by atoms with Crippen molar-refractivity contribution in [3.8, 4) is 11.6 Å². The fourth-order valence-electron chi connectivity index (χ4n) is 3.51. The van der Waals surface area contributed by atoms with Crippen LogP contribution in [0.3, 0.4) is 0 Å². The number of ether oxygens (including phenoxy) is 1. The molecule has 0 radical (unpaired) electrons. The number of hydrogen-bond donors (Lipinski definition) is 1. The normalized spacial score (nSPS) is 16.7. The van der Waals surface area contributed by atoms with Gasteiger partial charge in [-0.2, -0.15) is 0 Å². The molecule has 0 bridgehead atoms. The third-order valence-electron chi connectivity index (χ3n) is 4.85. The van der Waals surface area contributed by atoms with Crippen molar-refractivity contribution in [1.29, 1.82) is 0 Å². The molecule has 1 atom stereocenters. The van der Waals surface area contributed by atoms with Crippen molar-refractivity contribution in [1.82, 2.24) is 15.1 Å². The molecule has 0 unspecified atom stereocenters. The van der Waals surface area contributed by atoms with E-state index in [1.165, 1.54) is 18.2 Å². The Labute approximate surface area is 165 Å². The smallest absolute Gasteiger partial charge is 0.254 e. The Bertz CT molecular complexity index is 1020. The molecule has 1 fully saturated rings. The van der Waals surface area contributed by atoms with Crippen LogP contribution in [0, 0.1) is 17.5 Å². The summed E-state index contributed by atoms with van der Waals surface area (Å²) in [6, 6.07) is 10.3. The molecule has 1 aromatic heterocycles. The van der Waals surface area contributed by atoms with Gasteiger partial charge in [-0.25, -0.2) is 13.2 Å². The lowest BCUT2D eigenvalue weighted by molar-refractivity contribution is 0.0705. The van der Waals surface area contributed by atoms with Crippen molar-refractivity contribution in [2.75, 3.05) is 13.1 Å². The molecule has 5 nitrogen and oxygen atoms in total. The maximum atomic E-state index is 13.4. The van der Waals surface area contributed by atoms with Crippen LogP contribution in [0.2, 0.25) is 0 Å². The van der Waals surface area contributed by atoms with Crippen LogP contribution >= 0.6 is 0 Å². The first-order valence-electron chi connectivity index (χ1n) is 9.22. The monoisotopic (exact) mass is 401 g/mol. The minimum atomic E-state index is -0.783. The minimum absolute atomic E-state index is 0.0112. The van der Waals surface area contributed by atoms with E-state index in [0.717, 1.165) is 36.7 Å². The topological polar surface area (TPSA) is 58.2 Å². The Morgan fingerprint density at radius 1 is 1.07 bits per heavy atom. The molecule has 1 N–H and O–H groups in total. The number of rotatable bonds is 4. The van der Waals surface area contributed by atoms with Gasteiger partial charge in [0.25, 0.3) is 5.91 Å². The Balaban J connectivity index is 1.46. The number of piperidine rings is 1. The van der Waals surface area contributed by atoms with Crippen LogP contribution in [0.25, 0.3) is 0 Å². The van der Waals surface area contributed by atoms with Gasteiger partial charge in [-0.1, -0.05) is 6.07 Å². The first-order chi connectivity index (χ1) is 14.0. The number of H-pyrrole nitrogens is 1. The molecule has 0 aliphatic carbocycles. The molecular formula is C21H18F3N3O2. The van der Waals surface area contributed by atoms with Gasteiger partial charge in [-0.15, -0.1) is 5.10 Å². The van der Waals surface area contributed by atoms with Crippen LogP contribution < -0.4 is 4.74 Å². The summed E-state index contributed by atoms with van der Waals surface area (Å²) in [6.07, 6.45) is 1.57. The largest absolute Gasteiger partial charge is 0.437 e. The maximum Gasteiger partial charge on any atom is 0.254 e. The first kappa shape index (κ1) is 19.0. The number of carbonyl (C=O) groups is 1. The van der Waals surface area contributed by atoms with Gasteiger partial charge in [0.05, 0.1) is 0 Å². The second-order valence-corrected chi connectivity index (χ2v) is 6.97. The lowest BCUT2D eigenvalue weighted by atomic mass is 9.94. The Morgan fingerprint density at radius 2 is 1.86 bits per heavy atom. The second-order valence-electron chi connectivity index (χ2n) is 6.97. The Hall–Kier alpha value is -3.29. The van der Waals surface area contributed by atoms with E-state index in [1.807, 2.05) is 0 Å². The number of halogens is 3. The summed E-state index contributed by atoms with van der Waals surface area (Å²) in [5.74, 6) is -1.79. The van der Waals surface area contributed by atoms with Gasteiger partial charge in [0.15, 0.2) is 0 Å². The highest BCUT2D eigenvalue weighted by molar-refractivity contribution is 5.94. The first-order valence-corrected chi connectivity index (χ1v) is 9.22. The van der Waals surface area contributed by atoms with Crippen LogP contribution in [0.5, 0.6) is 11.6 Å². The average Bonchev–Trinajstić information content (AvgIpc) is 3.15. The summed E-state index contributed by atoms with van der Waals surface area (Å²) in [6.45, 7) is 0.896. The molecular weight excluding hydrogens is 383 g/mol. The number of carbonyl (C=O) groups excluding carboxylic acids is 1. The van der Waals surface area contributed by atoms with Crippen LogP contribution in [-0.2, 0) is 0 Å². The third kappa shape index (κ3) is 4.42. The quantitative estimate of drug-likeness (QED) is 0.693. The molecule has 1 saturated heterocycles. The number of hydrogen-bond acceptors (Lipinski definition) is 3.